The van der Waals surface area contributed by atoms with E-state index in [0.29, 0.717) is 0 Å². The van der Waals surface area contributed by atoms with Crippen molar-refractivity contribution in [2.75, 3.05) is 19.5 Å². The second kappa shape index (κ2) is 9.73. The number of nitro groups is 1. The summed E-state index contributed by atoms with van der Waals surface area (Å²) < 4.78 is 36.2. The molecule has 166 valence electrons. The van der Waals surface area contributed by atoms with Gasteiger partial charge in [0.15, 0.2) is 6.10 Å². The molecule has 2 rings (SSSR count). The second-order valence-electron chi connectivity index (χ2n) is 6.03. The van der Waals surface area contributed by atoms with Gasteiger partial charge in [-0.1, -0.05) is 11.6 Å². The van der Waals surface area contributed by atoms with Gasteiger partial charge >= 0.3 is 5.97 Å². The maximum Gasteiger partial charge on any atom is 0.338 e. The van der Waals surface area contributed by atoms with Gasteiger partial charge in [-0.25, -0.2) is 17.9 Å². The third-order valence-electron chi connectivity index (χ3n) is 4.03. The Kier molecular flexibility index (Phi) is 7.55. The highest BCUT2D eigenvalue weighted by Crippen LogP contribution is 2.29. The predicted octanol–water partition coefficient (Wildman–Crippen LogP) is 2.35. The molecule has 2 N–H and O–H groups in total. The second-order valence-corrected chi connectivity index (χ2v) is 8.29. The maximum absolute atomic E-state index is 12.4. The molecule has 0 spiro atoms. The molecule has 13 heteroatoms. The van der Waals surface area contributed by atoms with Gasteiger partial charge in [0.05, 0.1) is 28.3 Å². The molecule has 0 heterocycles. The van der Waals surface area contributed by atoms with Crippen LogP contribution in [-0.2, 0) is 19.6 Å². The number of nitro benzene ring substituents is 1. The first-order valence-electron chi connectivity index (χ1n) is 8.57. The Hall–Kier alpha value is -3.22. The summed E-state index contributed by atoms with van der Waals surface area (Å²) in [6, 6.07) is 7.08. The van der Waals surface area contributed by atoms with Crippen LogP contribution in [-0.4, -0.2) is 45.5 Å². The van der Waals surface area contributed by atoms with Gasteiger partial charge in [-0.05, 0) is 38.2 Å². The Morgan fingerprint density at radius 3 is 2.45 bits per heavy atom. The first-order chi connectivity index (χ1) is 14.5. The van der Waals surface area contributed by atoms with Crippen molar-refractivity contribution in [1.29, 1.82) is 0 Å². The number of hydrogen-bond acceptors (Lipinski definition) is 8. The molecule has 2 aromatic carbocycles. The van der Waals surface area contributed by atoms with Crippen LogP contribution in [0.15, 0.2) is 41.3 Å². The van der Waals surface area contributed by atoms with E-state index in [0.717, 1.165) is 12.1 Å². The van der Waals surface area contributed by atoms with Gasteiger partial charge in [-0.3, -0.25) is 14.9 Å². The SMILES string of the molecule is CNS(=O)(=O)c1cc(C(=O)OC(C)C(=O)Nc2cc([N+](=O)[O-])ccc2OC)ccc1Cl. The summed E-state index contributed by atoms with van der Waals surface area (Å²) >= 11 is 5.88. The normalized spacial score (nSPS) is 12.0. The van der Waals surface area contributed by atoms with Crippen LogP contribution in [0.3, 0.4) is 0 Å². The predicted molar refractivity (Wildman–Crippen MR) is 111 cm³/mol. The van der Waals surface area contributed by atoms with Crippen LogP contribution in [0.5, 0.6) is 5.75 Å². The van der Waals surface area contributed by atoms with E-state index in [1.807, 2.05) is 0 Å². The fourth-order valence-corrected chi connectivity index (χ4v) is 3.62. The number of esters is 1. The number of amides is 1. The van der Waals surface area contributed by atoms with Crippen LogP contribution in [0.4, 0.5) is 11.4 Å². The Balaban J connectivity index is 2.19. The number of hydrogen-bond donors (Lipinski definition) is 2. The zero-order valence-electron chi connectivity index (χ0n) is 16.5. The van der Waals surface area contributed by atoms with Crippen molar-refractivity contribution >= 4 is 44.9 Å². The highest BCUT2D eigenvalue weighted by Gasteiger charge is 2.24. The zero-order valence-corrected chi connectivity index (χ0v) is 18.1. The summed E-state index contributed by atoms with van der Waals surface area (Å²) in [5.74, 6) is -1.60. The Morgan fingerprint density at radius 2 is 1.87 bits per heavy atom. The van der Waals surface area contributed by atoms with Gasteiger partial charge in [-0.2, -0.15) is 0 Å². The van der Waals surface area contributed by atoms with E-state index in [4.69, 9.17) is 21.1 Å². The number of sulfonamides is 1. The van der Waals surface area contributed by atoms with Gasteiger partial charge in [0, 0.05) is 12.1 Å². The van der Waals surface area contributed by atoms with Gasteiger partial charge in [-0.15, -0.1) is 0 Å². The number of ether oxygens (including phenoxy) is 2. The lowest BCUT2D eigenvalue weighted by atomic mass is 10.2. The molecule has 1 amide bonds. The van der Waals surface area contributed by atoms with E-state index in [1.54, 1.807) is 0 Å². The lowest BCUT2D eigenvalue weighted by Crippen LogP contribution is -2.30. The third-order valence-corrected chi connectivity index (χ3v) is 5.93. The van der Waals surface area contributed by atoms with Crippen LogP contribution in [0, 0.1) is 10.1 Å². The van der Waals surface area contributed by atoms with Crippen LogP contribution in [0.1, 0.15) is 17.3 Å². The Morgan fingerprint density at radius 1 is 1.19 bits per heavy atom. The Bertz CT molecular complexity index is 1140. The van der Waals surface area contributed by atoms with E-state index >= 15 is 0 Å². The van der Waals surface area contributed by atoms with E-state index < -0.39 is 32.9 Å². The number of methoxy groups -OCH3 is 1. The number of benzene rings is 2. The summed E-state index contributed by atoms with van der Waals surface area (Å²) in [5, 5.41) is 13.2. The molecule has 0 bridgehead atoms. The van der Waals surface area contributed by atoms with Gasteiger partial charge in [0.2, 0.25) is 10.0 Å². The molecular weight excluding hydrogens is 454 g/mol. The highest BCUT2D eigenvalue weighted by atomic mass is 35.5. The molecular formula is C18H18ClN3O8S. The molecule has 1 atom stereocenters. The van der Waals surface area contributed by atoms with Gasteiger partial charge in [0.25, 0.3) is 11.6 Å². The number of carbonyl (C=O) groups excluding carboxylic acids is 2. The van der Waals surface area contributed by atoms with E-state index in [1.165, 1.54) is 45.3 Å². The summed E-state index contributed by atoms with van der Waals surface area (Å²) in [4.78, 5) is 34.8. The molecule has 2 aromatic rings. The average Bonchev–Trinajstić information content (AvgIpc) is 2.73. The van der Waals surface area contributed by atoms with Gasteiger partial charge < -0.3 is 14.8 Å². The number of nitrogens with one attached hydrogen (secondary N) is 2. The van der Waals surface area contributed by atoms with Crippen LogP contribution >= 0.6 is 11.6 Å². The molecule has 0 fully saturated rings. The van der Waals surface area contributed by atoms with Crippen LogP contribution in [0.25, 0.3) is 0 Å². The van der Waals surface area contributed by atoms with Crippen molar-refractivity contribution in [1.82, 2.24) is 4.72 Å². The monoisotopic (exact) mass is 471 g/mol. The number of non-ortho nitro benzene ring substituents is 1. The molecule has 31 heavy (non-hydrogen) atoms. The summed E-state index contributed by atoms with van der Waals surface area (Å²) in [6.45, 7) is 1.28. The van der Waals surface area contributed by atoms with Crippen molar-refractivity contribution in [3.8, 4) is 5.75 Å². The first kappa shape index (κ1) is 24.1. The van der Waals surface area contributed by atoms with Crippen molar-refractivity contribution < 1.29 is 32.4 Å². The summed E-state index contributed by atoms with van der Waals surface area (Å²) in [7, 11) is -1.42. The standard InChI is InChI=1S/C18H18ClN3O8S/c1-10(17(23)21-14-9-12(22(25)26)5-7-15(14)29-3)30-18(24)11-4-6-13(19)16(8-11)31(27,28)20-2/h4-10,20H,1-3H3,(H,21,23). The molecule has 0 saturated carbocycles. The third kappa shape index (κ3) is 5.69. The minimum absolute atomic E-state index is 0.0125. The topological polar surface area (TPSA) is 154 Å². The van der Waals surface area contributed by atoms with Crippen molar-refractivity contribution in [2.24, 2.45) is 0 Å². The number of carbonyl (C=O) groups is 2. The molecule has 0 aliphatic rings. The molecule has 0 aliphatic heterocycles. The molecule has 0 aliphatic carbocycles. The maximum atomic E-state index is 12.4. The smallest absolute Gasteiger partial charge is 0.338 e. The lowest BCUT2D eigenvalue weighted by molar-refractivity contribution is -0.384. The Labute approximate surface area is 182 Å². The number of anilines is 1. The summed E-state index contributed by atoms with van der Waals surface area (Å²) in [5.41, 5.74) is -0.413. The average molecular weight is 472 g/mol. The van der Waals surface area contributed by atoms with E-state index in [2.05, 4.69) is 10.0 Å². The minimum atomic E-state index is -3.93. The minimum Gasteiger partial charge on any atom is -0.495 e. The van der Waals surface area contributed by atoms with Crippen molar-refractivity contribution in [3.63, 3.8) is 0 Å². The van der Waals surface area contributed by atoms with Gasteiger partial charge in [0.1, 0.15) is 10.6 Å². The highest BCUT2D eigenvalue weighted by molar-refractivity contribution is 7.89. The lowest BCUT2D eigenvalue weighted by Gasteiger charge is -2.15. The van der Waals surface area contributed by atoms with Crippen LogP contribution in [0.2, 0.25) is 5.02 Å². The molecule has 0 saturated heterocycles. The fourth-order valence-electron chi connectivity index (χ4n) is 2.37. The van der Waals surface area contributed by atoms with Crippen molar-refractivity contribution in [2.45, 2.75) is 17.9 Å². The quantitative estimate of drug-likeness (QED) is 0.338. The van der Waals surface area contributed by atoms with E-state index in [-0.39, 0.29) is 32.6 Å². The zero-order chi connectivity index (χ0) is 23.3. The largest absolute Gasteiger partial charge is 0.495 e. The number of halogens is 1. The van der Waals surface area contributed by atoms with E-state index in [9.17, 15) is 28.1 Å². The molecule has 0 radical (unpaired) electrons. The molecule has 1 unspecified atom stereocenters. The first-order valence-corrected chi connectivity index (χ1v) is 10.4. The number of rotatable bonds is 8. The van der Waals surface area contributed by atoms with Crippen molar-refractivity contribution in [3.05, 3.63) is 57.1 Å². The molecule has 0 aromatic heterocycles. The number of nitrogens with zero attached hydrogens (tertiary/aromatic N) is 1. The molecule has 11 nitrogen and oxygen atoms in total. The fraction of sp³-hybridized carbons (Fsp3) is 0.222. The summed E-state index contributed by atoms with van der Waals surface area (Å²) in [6.07, 6.45) is -1.32. The van der Waals surface area contributed by atoms with Crippen LogP contribution < -0.4 is 14.8 Å².